The molecular weight excluding hydrogens is 444 g/mol. The Labute approximate surface area is 203 Å². The predicted molar refractivity (Wildman–Crippen MR) is 130 cm³/mol. The smallest absolute Gasteiger partial charge is 0.303 e. The Morgan fingerprint density at radius 1 is 1.00 bits per heavy atom. The third kappa shape index (κ3) is 6.27. The molecule has 4 rings (SSSR count). The zero-order chi connectivity index (χ0) is 24.6. The highest BCUT2D eigenvalue weighted by Crippen LogP contribution is 2.27. The maximum Gasteiger partial charge on any atom is 0.303 e. The van der Waals surface area contributed by atoms with Crippen molar-refractivity contribution in [3.05, 3.63) is 95.4 Å². The van der Waals surface area contributed by atoms with Crippen LogP contribution < -0.4 is 9.47 Å². The fourth-order valence-electron chi connectivity index (χ4n) is 3.55. The van der Waals surface area contributed by atoms with Gasteiger partial charge in [0.2, 0.25) is 5.89 Å². The summed E-state index contributed by atoms with van der Waals surface area (Å²) in [6.07, 6.45) is 0.817. The maximum atomic E-state index is 10.8. The summed E-state index contributed by atoms with van der Waals surface area (Å²) in [6.45, 7) is 2.22. The molecule has 7 nitrogen and oxygen atoms in total. The van der Waals surface area contributed by atoms with E-state index < -0.39 is 5.97 Å². The number of nitrogens with zero attached hydrogens (tertiary/aromatic N) is 2. The van der Waals surface area contributed by atoms with Gasteiger partial charge in [0.1, 0.15) is 23.0 Å². The third-order valence-corrected chi connectivity index (χ3v) is 5.39. The van der Waals surface area contributed by atoms with E-state index in [1.165, 1.54) is 0 Å². The van der Waals surface area contributed by atoms with Crippen molar-refractivity contribution in [2.75, 3.05) is 6.61 Å². The van der Waals surface area contributed by atoms with Crippen molar-refractivity contribution in [1.29, 1.82) is 5.26 Å². The number of nitriles is 1. The molecular formula is C28H24N2O5. The summed E-state index contributed by atoms with van der Waals surface area (Å²) in [5, 5.41) is 18.2. The molecule has 0 atom stereocenters. The first-order valence-electron chi connectivity index (χ1n) is 11.2. The van der Waals surface area contributed by atoms with E-state index in [1.807, 2.05) is 61.5 Å². The van der Waals surface area contributed by atoms with Crippen molar-refractivity contribution in [3.63, 3.8) is 0 Å². The number of aryl methyl sites for hydroxylation is 2. The number of oxazole rings is 1. The number of carboxylic acids is 1. The third-order valence-electron chi connectivity index (χ3n) is 5.39. The van der Waals surface area contributed by atoms with E-state index in [9.17, 15) is 10.1 Å². The normalized spacial score (nSPS) is 10.5. The fourth-order valence-corrected chi connectivity index (χ4v) is 3.55. The topological polar surface area (TPSA) is 106 Å². The van der Waals surface area contributed by atoms with Crippen molar-refractivity contribution in [1.82, 2.24) is 4.98 Å². The Bertz CT molecular complexity index is 1340. The molecule has 1 N–H and O–H groups in total. The number of aliphatic carboxylic acids is 1. The molecule has 1 aromatic heterocycles. The molecule has 0 radical (unpaired) electrons. The lowest BCUT2D eigenvalue weighted by Gasteiger charge is -2.08. The lowest BCUT2D eigenvalue weighted by molar-refractivity contribution is -0.136. The van der Waals surface area contributed by atoms with Crippen LogP contribution in [-0.2, 0) is 17.6 Å². The second-order valence-corrected chi connectivity index (χ2v) is 7.88. The van der Waals surface area contributed by atoms with Gasteiger partial charge in [-0.25, -0.2) is 4.98 Å². The molecule has 3 aromatic carbocycles. The maximum absolute atomic E-state index is 10.8. The average molecular weight is 469 g/mol. The van der Waals surface area contributed by atoms with Crippen molar-refractivity contribution < 1.29 is 23.8 Å². The molecule has 0 saturated carbocycles. The van der Waals surface area contributed by atoms with Gasteiger partial charge >= 0.3 is 5.97 Å². The summed E-state index contributed by atoms with van der Waals surface area (Å²) in [6, 6.07) is 24.4. The van der Waals surface area contributed by atoms with Gasteiger partial charge in [0.05, 0.1) is 23.9 Å². The number of ether oxygens (including phenoxy) is 2. The largest absolute Gasteiger partial charge is 0.493 e. The summed E-state index contributed by atoms with van der Waals surface area (Å²) in [5.41, 5.74) is 2.75. The second-order valence-electron chi connectivity index (χ2n) is 7.88. The molecule has 0 fully saturated rings. The van der Waals surface area contributed by atoms with Crippen LogP contribution in [0.25, 0.3) is 11.5 Å². The van der Waals surface area contributed by atoms with Gasteiger partial charge in [0.25, 0.3) is 0 Å². The van der Waals surface area contributed by atoms with E-state index in [1.54, 1.807) is 18.2 Å². The Hall–Kier alpha value is -4.57. The fraction of sp³-hybridized carbons (Fsp3) is 0.179. The monoisotopic (exact) mass is 468 g/mol. The van der Waals surface area contributed by atoms with Crippen LogP contribution in [0.3, 0.4) is 0 Å². The number of carboxylic acid groups (broad SMARTS) is 1. The summed E-state index contributed by atoms with van der Waals surface area (Å²) < 4.78 is 17.5. The SMILES string of the molecule is Cc1oc(-c2ccc(Oc3ccccc3)cc2)nc1CCOc1ccc(CCC(=O)O)c(C#N)c1. The molecule has 4 aromatic rings. The van der Waals surface area contributed by atoms with Gasteiger partial charge in [-0.2, -0.15) is 5.26 Å². The highest BCUT2D eigenvalue weighted by molar-refractivity contribution is 5.67. The van der Waals surface area contributed by atoms with E-state index in [0.717, 1.165) is 28.5 Å². The summed E-state index contributed by atoms with van der Waals surface area (Å²) >= 11 is 0. The molecule has 7 heteroatoms. The lowest BCUT2D eigenvalue weighted by atomic mass is 10.0. The first-order chi connectivity index (χ1) is 17.0. The molecule has 0 amide bonds. The van der Waals surface area contributed by atoms with E-state index in [0.29, 0.717) is 42.2 Å². The molecule has 0 unspecified atom stereocenters. The first-order valence-corrected chi connectivity index (χ1v) is 11.2. The standard InChI is InChI=1S/C28H24N2O5/c1-19-26(15-16-33-25-13-7-20(10-14-27(31)32)22(17-25)18-29)30-28(34-19)21-8-11-24(12-9-21)35-23-5-3-2-4-6-23/h2-9,11-13,17H,10,14-16H2,1H3,(H,31,32). The van der Waals surface area contributed by atoms with Crippen LogP contribution in [0, 0.1) is 18.3 Å². The zero-order valence-electron chi connectivity index (χ0n) is 19.2. The van der Waals surface area contributed by atoms with Gasteiger partial charge in [-0.3, -0.25) is 4.79 Å². The number of hydrogen-bond donors (Lipinski definition) is 1. The predicted octanol–water partition coefficient (Wildman–Crippen LogP) is 5.95. The van der Waals surface area contributed by atoms with Gasteiger partial charge in [0, 0.05) is 18.4 Å². The molecule has 0 aliphatic rings. The Morgan fingerprint density at radius 3 is 2.43 bits per heavy atom. The molecule has 35 heavy (non-hydrogen) atoms. The molecule has 176 valence electrons. The summed E-state index contributed by atoms with van der Waals surface area (Å²) in [4.78, 5) is 15.4. The molecule has 0 aliphatic heterocycles. The quantitative estimate of drug-likeness (QED) is 0.306. The molecule has 0 saturated heterocycles. The number of aromatic nitrogens is 1. The summed E-state index contributed by atoms with van der Waals surface area (Å²) in [5.74, 6) is 2.39. The van der Waals surface area contributed by atoms with E-state index in [-0.39, 0.29) is 6.42 Å². The lowest BCUT2D eigenvalue weighted by Crippen LogP contribution is -2.04. The number of rotatable bonds is 10. The molecule has 0 bridgehead atoms. The van der Waals surface area contributed by atoms with Crippen LogP contribution in [0.15, 0.2) is 77.2 Å². The van der Waals surface area contributed by atoms with Crippen LogP contribution in [0.1, 0.15) is 29.0 Å². The highest BCUT2D eigenvalue weighted by Gasteiger charge is 2.13. The highest BCUT2D eigenvalue weighted by atomic mass is 16.5. The number of carbonyl (C=O) groups is 1. The van der Waals surface area contributed by atoms with E-state index in [4.69, 9.17) is 19.0 Å². The van der Waals surface area contributed by atoms with Crippen molar-refractivity contribution in [3.8, 4) is 34.8 Å². The van der Waals surface area contributed by atoms with Crippen molar-refractivity contribution in [2.24, 2.45) is 0 Å². The zero-order valence-corrected chi connectivity index (χ0v) is 19.2. The van der Waals surface area contributed by atoms with Crippen LogP contribution >= 0.6 is 0 Å². The Kier molecular flexibility index (Phi) is 7.44. The minimum atomic E-state index is -0.895. The Balaban J connectivity index is 1.35. The molecule has 0 spiro atoms. The minimum Gasteiger partial charge on any atom is -0.493 e. The van der Waals surface area contributed by atoms with Gasteiger partial charge in [-0.05, 0) is 67.4 Å². The van der Waals surface area contributed by atoms with E-state index in [2.05, 4.69) is 11.1 Å². The molecule has 1 heterocycles. The van der Waals surface area contributed by atoms with Crippen molar-refractivity contribution >= 4 is 5.97 Å². The second kappa shape index (κ2) is 11.0. The van der Waals surface area contributed by atoms with E-state index >= 15 is 0 Å². The van der Waals surface area contributed by atoms with Crippen molar-refractivity contribution in [2.45, 2.75) is 26.2 Å². The van der Waals surface area contributed by atoms with Crippen LogP contribution in [0.5, 0.6) is 17.2 Å². The van der Waals surface area contributed by atoms with Crippen LogP contribution in [0.4, 0.5) is 0 Å². The number of benzene rings is 3. The van der Waals surface area contributed by atoms with Crippen LogP contribution in [0.2, 0.25) is 0 Å². The van der Waals surface area contributed by atoms with Gasteiger partial charge < -0.3 is 19.0 Å². The van der Waals surface area contributed by atoms with Crippen LogP contribution in [-0.4, -0.2) is 22.7 Å². The minimum absolute atomic E-state index is 0.0224. The van der Waals surface area contributed by atoms with Gasteiger partial charge in [-0.1, -0.05) is 24.3 Å². The summed E-state index contributed by atoms with van der Waals surface area (Å²) in [7, 11) is 0. The number of para-hydroxylation sites is 1. The van der Waals surface area contributed by atoms with Gasteiger partial charge in [0.15, 0.2) is 0 Å². The first kappa shape index (κ1) is 23.6. The number of hydrogen-bond acceptors (Lipinski definition) is 6. The Morgan fingerprint density at radius 2 is 1.71 bits per heavy atom. The average Bonchev–Trinajstić information content (AvgIpc) is 3.24. The van der Waals surface area contributed by atoms with Gasteiger partial charge in [-0.15, -0.1) is 0 Å². The molecule has 0 aliphatic carbocycles.